The van der Waals surface area contributed by atoms with Gasteiger partial charge in [0.2, 0.25) is 5.91 Å². The molecule has 0 bridgehead atoms. The third kappa shape index (κ3) is 4.38. The van der Waals surface area contributed by atoms with E-state index in [1.54, 1.807) is 0 Å². The van der Waals surface area contributed by atoms with Crippen LogP contribution in [0.25, 0.3) is 0 Å². The first-order valence-corrected chi connectivity index (χ1v) is 8.13. The van der Waals surface area contributed by atoms with Crippen LogP contribution < -0.4 is 5.32 Å². The van der Waals surface area contributed by atoms with Crippen molar-refractivity contribution in [1.82, 2.24) is 10.2 Å². The van der Waals surface area contributed by atoms with Gasteiger partial charge in [-0.05, 0) is 19.3 Å². The molecule has 1 saturated heterocycles. The van der Waals surface area contributed by atoms with Crippen LogP contribution in [0.4, 0.5) is 0 Å². The number of hydrogen-bond donors (Lipinski definition) is 2. The van der Waals surface area contributed by atoms with Crippen LogP contribution in [0.5, 0.6) is 0 Å². The van der Waals surface area contributed by atoms with Crippen molar-refractivity contribution in [2.75, 3.05) is 37.7 Å². The Labute approximate surface area is 118 Å². The number of carboxylic acids is 1. The van der Waals surface area contributed by atoms with Crippen LogP contribution in [0.1, 0.15) is 19.3 Å². The third-order valence-corrected chi connectivity index (χ3v) is 4.93. The maximum atomic E-state index is 11.9. The molecule has 1 saturated carbocycles. The van der Waals surface area contributed by atoms with E-state index in [0.717, 1.165) is 19.6 Å². The predicted octanol–water partition coefficient (Wildman–Crippen LogP) is 0.652. The molecule has 0 unspecified atom stereocenters. The van der Waals surface area contributed by atoms with Crippen molar-refractivity contribution in [3.8, 4) is 0 Å². The second kappa shape index (κ2) is 7.14. The third-order valence-electron chi connectivity index (χ3n) is 3.98. The molecule has 1 amide bonds. The van der Waals surface area contributed by atoms with E-state index in [-0.39, 0.29) is 17.7 Å². The Balaban J connectivity index is 1.63. The van der Waals surface area contributed by atoms with Gasteiger partial charge >= 0.3 is 5.97 Å². The smallest absolute Gasteiger partial charge is 0.306 e. The predicted molar refractivity (Wildman–Crippen MR) is 75.2 cm³/mol. The van der Waals surface area contributed by atoms with Crippen molar-refractivity contribution < 1.29 is 14.7 Å². The van der Waals surface area contributed by atoms with Crippen molar-refractivity contribution >= 4 is 23.6 Å². The molecule has 19 heavy (non-hydrogen) atoms. The average Bonchev–Trinajstić information content (AvgIpc) is 2.89. The summed E-state index contributed by atoms with van der Waals surface area (Å²) < 4.78 is 0. The van der Waals surface area contributed by atoms with Crippen molar-refractivity contribution in [2.24, 2.45) is 11.8 Å². The Bertz CT molecular complexity index is 332. The first-order chi connectivity index (χ1) is 9.16. The summed E-state index contributed by atoms with van der Waals surface area (Å²) in [6, 6.07) is 0. The highest BCUT2D eigenvalue weighted by molar-refractivity contribution is 7.99. The molecule has 6 heteroatoms. The fourth-order valence-electron chi connectivity index (χ4n) is 2.75. The zero-order valence-electron chi connectivity index (χ0n) is 11.1. The molecule has 0 aromatic heterocycles. The normalized spacial score (nSPS) is 28.2. The molecular weight excluding hydrogens is 264 g/mol. The number of thioether (sulfide) groups is 1. The van der Waals surface area contributed by atoms with Gasteiger partial charge in [0.1, 0.15) is 0 Å². The Kier molecular flexibility index (Phi) is 5.51. The fourth-order valence-corrected chi connectivity index (χ4v) is 3.73. The van der Waals surface area contributed by atoms with E-state index < -0.39 is 5.97 Å². The fraction of sp³-hybridized carbons (Fsp3) is 0.846. The molecule has 2 N–H and O–H groups in total. The molecule has 0 spiro atoms. The van der Waals surface area contributed by atoms with Crippen LogP contribution in [0, 0.1) is 11.8 Å². The highest BCUT2D eigenvalue weighted by atomic mass is 32.2. The van der Waals surface area contributed by atoms with Gasteiger partial charge in [0.25, 0.3) is 0 Å². The molecule has 1 aliphatic carbocycles. The van der Waals surface area contributed by atoms with E-state index in [1.165, 1.54) is 11.5 Å². The van der Waals surface area contributed by atoms with E-state index in [9.17, 15) is 9.59 Å². The summed E-state index contributed by atoms with van der Waals surface area (Å²) in [7, 11) is 0. The molecule has 108 valence electrons. The van der Waals surface area contributed by atoms with Crippen molar-refractivity contribution in [3.63, 3.8) is 0 Å². The Morgan fingerprint density at radius 2 is 1.89 bits per heavy atom. The SMILES string of the molecule is O=C(O)[C@H]1CC[C@@H](C(=O)NCCN2CCSCC2)C1. The van der Waals surface area contributed by atoms with Crippen molar-refractivity contribution in [3.05, 3.63) is 0 Å². The Morgan fingerprint density at radius 3 is 2.53 bits per heavy atom. The monoisotopic (exact) mass is 286 g/mol. The summed E-state index contributed by atoms with van der Waals surface area (Å²) >= 11 is 1.98. The van der Waals surface area contributed by atoms with Crippen LogP contribution in [0.3, 0.4) is 0 Å². The van der Waals surface area contributed by atoms with E-state index in [0.29, 0.717) is 25.8 Å². The number of carboxylic acid groups (broad SMARTS) is 1. The minimum atomic E-state index is -0.763. The standard InChI is InChI=1S/C13H22N2O3S/c16-12(10-1-2-11(9-10)13(17)18)14-3-4-15-5-7-19-8-6-15/h10-11H,1-9H2,(H,14,16)(H,17,18)/t10-,11+/m1/s1. The van der Waals surface area contributed by atoms with Gasteiger partial charge in [-0.3, -0.25) is 14.5 Å². The van der Waals surface area contributed by atoms with Crippen molar-refractivity contribution in [2.45, 2.75) is 19.3 Å². The minimum absolute atomic E-state index is 0.0372. The number of hydrogen-bond acceptors (Lipinski definition) is 4. The van der Waals surface area contributed by atoms with Crippen LogP contribution in [-0.2, 0) is 9.59 Å². The first kappa shape index (κ1) is 14.7. The Hall–Kier alpha value is -0.750. The second-order valence-electron chi connectivity index (χ2n) is 5.29. The lowest BCUT2D eigenvalue weighted by atomic mass is 10.0. The zero-order chi connectivity index (χ0) is 13.7. The maximum absolute atomic E-state index is 11.9. The van der Waals surface area contributed by atoms with Gasteiger partial charge in [0.05, 0.1) is 5.92 Å². The molecule has 2 aliphatic rings. The average molecular weight is 286 g/mol. The molecule has 0 radical (unpaired) electrons. The summed E-state index contributed by atoms with van der Waals surface area (Å²) in [5.41, 5.74) is 0. The lowest BCUT2D eigenvalue weighted by molar-refractivity contribution is -0.141. The number of nitrogens with zero attached hydrogens (tertiary/aromatic N) is 1. The number of amides is 1. The molecule has 0 aromatic carbocycles. The molecule has 5 nitrogen and oxygen atoms in total. The van der Waals surface area contributed by atoms with Crippen molar-refractivity contribution in [1.29, 1.82) is 0 Å². The summed E-state index contributed by atoms with van der Waals surface area (Å²) in [4.78, 5) is 25.1. The van der Waals surface area contributed by atoms with Gasteiger partial charge in [-0.15, -0.1) is 0 Å². The van der Waals surface area contributed by atoms with Gasteiger partial charge < -0.3 is 10.4 Å². The van der Waals surface area contributed by atoms with E-state index >= 15 is 0 Å². The second-order valence-corrected chi connectivity index (χ2v) is 6.51. The van der Waals surface area contributed by atoms with Gasteiger partial charge in [-0.2, -0.15) is 11.8 Å². The maximum Gasteiger partial charge on any atom is 0.306 e. The molecule has 2 rings (SSSR count). The van der Waals surface area contributed by atoms with Gasteiger partial charge in [0, 0.05) is 43.6 Å². The Morgan fingerprint density at radius 1 is 1.21 bits per heavy atom. The largest absolute Gasteiger partial charge is 0.481 e. The number of nitrogens with one attached hydrogen (secondary N) is 1. The number of carbonyl (C=O) groups is 2. The lowest BCUT2D eigenvalue weighted by Gasteiger charge is -2.26. The van der Waals surface area contributed by atoms with Gasteiger partial charge in [-0.1, -0.05) is 0 Å². The van der Waals surface area contributed by atoms with E-state index in [4.69, 9.17) is 5.11 Å². The van der Waals surface area contributed by atoms with Gasteiger partial charge in [0.15, 0.2) is 0 Å². The summed E-state index contributed by atoms with van der Waals surface area (Å²) in [5, 5.41) is 11.9. The topological polar surface area (TPSA) is 69.6 Å². The van der Waals surface area contributed by atoms with Crippen LogP contribution in [0.15, 0.2) is 0 Å². The molecule has 2 fully saturated rings. The molecular formula is C13H22N2O3S. The summed E-state index contributed by atoms with van der Waals surface area (Å²) in [6.07, 6.45) is 1.85. The zero-order valence-corrected chi connectivity index (χ0v) is 12.0. The van der Waals surface area contributed by atoms with Crippen LogP contribution in [-0.4, -0.2) is 59.6 Å². The number of rotatable bonds is 5. The van der Waals surface area contributed by atoms with Gasteiger partial charge in [-0.25, -0.2) is 0 Å². The molecule has 1 heterocycles. The lowest BCUT2D eigenvalue weighted by Crippen LogP contribution is -2.40. The quantitative estimate of drug-likeness (QED) is 0.777. The molecule has 2 atom stereocenters. The summed E-state index contributed by atoms with van der Waals surface area (Å²) in [6.45, 7) is 3.79. The van der Waals surface area contributed by atoms with Crippen LogP contribution >= 0.6 is 11.8 Å². The number of carbonyl (C=O) groups excluding carboxylic acids is 1. The highest BCUT2D eigenvalue weighted by Crippen LogP contribution is 2.30. The van der Waals surface area contributed by atoms with E-state index in [1.807, 2.05) is 11.8 Å². The minimum Gasteiger partial charge on any atom is -0.481 e. The molecule has 1 aliphatic heterocycles. The first-order valence-electron chi connectivity index (χ1n) is 6.97. The highest BCUT2D eigenvalue weighted by Gasteiger charge is 2.33. The summed E-state index contributed by atoms with van der Waals surface area (Å²) in [5.74, 6) is 1.21. The molecule has 0 aromatic rings. The van der Waals surface area contributed by atoms with Crippen LogP contribution in [0.2, 0.25) is 0 Å². The number of aliphatic carboxylic acids is 1. The van der Waals surface area contributed by atoms with E-state index in [2.05, 4.69) is 10.2 Å².